The maximum atomic E-state index is 12.3. The largest absolute Gasteiger partial charge is 0.459 e. The zero-order valence-corrected chi connectivity index (χ0v) is 12.1. The van der Waals surface area contributed by atoms with Crippen molar-refractivity contribution in [3.05, 3.63) is 60.1 Å². The summed E-state index contributed by atoms with van der Waals surface area (Å²) in [6.45, 7) is 0.767. The minimum Gasteiger partial charge on any atom is -0.459 e. The summed E-state index contributed by atoms with van der Waals surface area (Å²) in [6, 6.07) is 12.2. The predicted molar refractivity (Wildman–Crippen MR) is 79.0 cm³/mol. The Morgan fingerprint density at radius 1 is 1.18 bits per heavy atom. The Balaban J connectivity index is 1.62. The highest BCUT2D eigenvalue weighted by atomic mass is 16.5. The van der Waals surface area contributed by atoms with Gasteiger partial charge in [0.15, 0.2) is 5.76 Å². The molecule has 1 saturated heterocycles. The summed E-state index contributed by atoms with van der Waals surface area (Å²) < 4.78 is 10.5. The molecule has 0 radical (unpaired) electrons. The number of benzene rings is 1. The molecule has 2 aromatic rings. The first-order valence-corrected chi connectivity index (χ1v) is 7.31. The van der Waals surface area contributed by atoms with Crippen molar-refractivity contribution in [1.29, 1.82) is 0 Å². The first-order valence-electron chi connectivity index (χ1n) is 7.31. The monoisotopic (exact) mass is 299 g/mol. The van der Waals surface area contributed by atoms with Crippen LogP contribution in [-0.2, 0) is 16.1 Å². The standard InChI is InChI=1S/C17H17NO4/c19-16(15-9-5-11-21-15)18-10-4-8-14(18)17(20)22-12-13-6-2-1-3-7-13/h1-3,5-7,9,11,14H,4,8,10,12H2. The lowest BCUT2D eigenvalue weighted by Gasteiger charge is -2.22. The highest BCUT2D eigenvalue weighted by Crippen LogP contribution is 2.22. The van der Waals surface area contributed by atoms with Crippen LogP contribution in [0, 0.1) is 0 Å². The molecule has 0 spiro atoms. The summed E-state index contributed by atoms with van der Waals surface area (Å²) in [6.07, 6.45) is 2.86. The van der Waals surface area contributed by atoms with Crippen LogP contribution >= 0.6 is 0 Å². The van der Waals surface area contributed by atoms with Gasteiger partial charge in [0.2, 0.25) is 0 Å². The maximum Gasteiger partial charge on any atom is 0.329 e. The highest BCUT2D eigenvalue weighted by Gasteiger charge is 2.36. The molecule has 114 valence electrons. The molecule has 1 aliphatic rings. The Morgan fingerprint density at radius 3 is 2.73 bits per heavy atom. The molecule has 1 unspecified atom stereocenters. The van der Waals surface area contributed by atoms with Crippen molar-refractivity contribution in [3.8, 4) is 0 Å². The quantitative estimate of drug-likeness (QED) is 0.814. The number of ether oxygens (including phenoxy) is 1. The van der Waals surface area contributed by atoms with Gasteiger partial charge in [0.1, 0.15) is 12.6 Å². The van der Waals surface area contributed by atoms with Gasteiger partial charge < -0.3 is 14.1 Å². The Kier molecular flexibility index (Phi) is 4.23. The minimum absolute atomic E-state index is 0.221. The number of esters is 1. The molecule has 2 heterocycles. The molecule has 0 aliphatic carbocycles. The van der Waals surface area contributed by atoms with Crippen LogP contribution in [0.1, 0.15) is 29.0 Å². The van der Waals surface area contributed by atoms with Gasteiger partial charge in [-0.1, -0.05) is 30.3 Å². The number of amides is 1. The SMILES string of the molecule is O=C(OCc1ccccc1)C1CCCN1C(=O)c1ccco1. The molecule has 3 rings (SSSR count). The lowest BCUT2D eigenvalue weighted by molar-refractivity contribution is -0.149. The molecule has 5 nitrogen and oxygen atoms in total. The van der Waals surface area contributed by atoms with E-state index in [0.29, 0.717) is 13.0 Å². The van der Waals surface area contributed by atoms with E-state index in [4.69, 9.17) is 9.15 Å². The number of likely N-dealkylation sites (tertiary alicyclic amines) is 1. The third-order valence-corrected chi connectivity index (χ3v) is 3.74. The van der Waals surface area contributed by atoms with E-state index in [-0.39, 0.29) is 24.2 Å². The second-order valence-electron chi connectivity index (χ2n) is 5.23. The summed E-state index contributed by atoms with van der Waals surface area (Å²) in [5, 5.41) is 0. The van der Waals surface area contributed by atoms with Gasteiger partial charge in [-0.05, 0) is 30.5 Å². The fourth-order valence-corrected chi connectivity index (χ4v) is 2.62. The molecular weight excluding hydrogens is 282 g/mol. The first-order chi connectivity index (χ1) is 10.8. The third-order valence-electron chi connectivity index (χ3n) is 3.74. The number of carbonyl (C=O) groups is 2. The van der Waals surface area contributed by atoms with Crippen LogP contribution < -0.4 is 0 Å². The lowest BCUT2D eigenvalue weighted by atomic mass is 10.2. The number of nitrogens with zero attached hydrogens (tertiary/aromatic N) is 1. The van der Waals surface area contributed by atoms with E-state index in [1.165, 1.54) is 11.2 Å². The van der Waals surface area contributed by atoms with Gasteiger partial charge in [-0.3, -0.25) is 4.79 Å². The van der Waals surface area contributed by atoms with E-state index in [9.17, 15) is 9.59 Å². The third kappa shape index (κ3) is 3.03. The molecule has 1 amide bonds. The summed E-state index contributed by atoms with van der Waals surface area (Å²) in [7, 11) is 0. The van der Waals surface area contributed by atoms with Gasteiger partial charge in [-0.15, -0.1) is 0 Å². The van der Waals surface area contributed by atoms with Crippen molar-refractivity contribution in [2.24, 2.45) is 0 Å². The van der Waals surface area contributed by atoms with Crippen molar-refractivity contribution in [2.45, 2.75) is 25.5 Å². The van der Waals surface area contributed by atoms with E-state index < -0.39 is 6.04 Å². The van der Waals surface area contributed by atoms with Gasteiger partial charge >= 0.3 is 5.97 Å². The maximum absolute atomic E-state index is 12.3. The fraction of sp³-hybridized carbons (Fsp3) is 0.294. The van der Waals surface area contributed by atoms with Crippen LogP contribution in [0.3, 0.4) is 0 Å². The summed E-state index contributed by atoms with van der Waals surface area (Å²) in [4.78, 5) is 26.1. The fourth-order valence-electron chi connectivity index (χ4n) is 2.62. The number of rotatable bonds is 4. The van der Waals surface area contributed by atoms with Crippen molar-refractivity contribution < 1.29 is 18.7 Å². The van der Waals surface area contributed by atoms with Crippen LogP contribution in [0.25, 0.3) is 0 Å². The molecule has 0 bridgehead atoms. The van der Waals surface area contributed by atoms with Gasteiger partial charge in [0.25, 0.3) is 5.91 Å². The molecule has 1 atom stereocenters. The van der Waals surface area contributed by atoms with Crippen LogP contribution in [0.15, 0.2) is 53.1 Å². The van der Waals surface area contributed by atoms with Crippen LogP contribution in [-0.4, -0.2) is 29.4 Å². The Hall–Kier alpha value is -2.56. The summed E-state index contributed by atoms with van der Waals surface area (Å²) in [5.74, 6) is -0.367. The van der Waals surface area contributed by atoms with Crippen molar-refractivity contribution in [3.63, 3.8) is 0 Å². The van der Waals surface area contributed by atoms with Gasteiger partial charge in [-0.2, -0.15) is 0 Å². The second-order valence-corrected chi connectivity index (χ2v) is 5.23. The van der Waals surface area contributed by atoms with Crippen molar-refractivity contribution in [1.82, 2.24) is 4.90 Å². The number of hydrogen-bond donors (Lipinski definition) is 0. The summed E-state index contributed by atoms with van der Waals surface area (Å²) >= 11 is 0. The molecule has 22 heavy (non-hydrogen) atoms. The van der Waals surface area contributed by atoms with Gasteiger partial charge in [0, 0.05) is 6.54 Å². The molecule has 1 fully saturated rings. The lowest BCUT2D eigenvalue weighted by Crippen LogP contribution is -2.41. The second kappa shape index (κ2) is 6.47. The normalized spacial score (nSPS) is 17.5. The van der Waals surface area contributed by atoms with Gasteiger partial charge in [-0.25, -0.2) is 4.79 Å². The van der Waals surface area contributed by atoms with Crippen LogP contribution in [0.5, 0.6) is 0 Å². The van der Waals surface area contributed by atoms with Crippen LogP contribution in [0.4, 0.5) is 0 Å². The van der Waals surface area contributed by atoms with Gasteiger partial charge in [0.05, 0.1) is 6.26 Å². The van der Waals surface area contributed by atoms with E-state index in [1.54, 1.807) is 12.1 Å². The molecule has 5 heteroatoms. The molecule has 1 aromatic heterocycles. The van der Waals surface area contributed by atoms with E-state index >= 15 is 0 Å². The number of carbonyl (C=O) groups excluding carboxylic acids is 2. The molecule has 0 N–H and O–H groups in total. The molecule has 1 aliphatic heterocycles. The first kappa shape index (κ1) is 14.4. The Labute approximate surface area is 128 Å². The predicted octanol–water partition coefficient (Wildman–Crippen LogP) is 2.63. The Bertz CT molecular complexity index is 636. The minimum atomic E-state index is -0.527. The molecular formula is C17H17NO4. The average molecular weight is 299 g/mol. The van der Waals surface area contributed by atoms with E-state index in [1.807, 2.05) is 30.3 Å². The summed E-state index contributed by atoms with van der Waals surface area (Å²) in [5.41, 5.74) is 0.928. The Morgan fingerprint density at radius 2 is 2.00 bits per heavy atom. The van der Waals surface area contributed by atoms with Crippen LogP contribution in [0.2, 0.25) is 0 Å². The number of furan rings is 1. The molecule has 1 aromatic carbocycles. The van der Waals surface area contributed by atoms with Crippen molar-refractivity contribution >= 4 is 11.9 Å². The van der Waals surface area contributed by atoms with E-state index in [2.05, 4.69) is 0 Å². The zero-order valence-electron chi connectivity index (χ0n) is 12.1. The van der Waals surface area contributed by atoms with Crippen molar-refractivity contribution in [2.75, 3.05) is 6.54 Å². The van der Waals surface area contributed by atoms with E-state index in [0.717, 1.165) is 12.0 Å². The topological polar surface area (TPSA) is 59.8 Å². The average Bonchev–Trinajstić information content (AvgIpc) is 3.24. The number of hydrogen-bond acceptors (Lipinski definition) is 4. The smallest absolute Gasteiger partial charge is 0.329 e. The zero-order chi connectivity index (χ0) is 15.4. The molecule has 0 saturated carbocycles. The highest BCUT2D eigenvalue weighted by molar-refractivity contribution is 5.94.